The zero-order chi connectivity index (χ0) is 16.8. The van der Waals surface area contributed by atoms with E-state index in [1.165, 1.54) is 12.1 Å². The lowest BCUT2D eigenvalue weighted by atomic mass is 9.90. The first-order valence-corrected chi connectivity index (χ1v) is 8.50. The molecule has 0 aliphatic carbocycles. The Balaban J connectivity index is 1.36. The van der Waals surface area contributed by atoms with Crippen molar-refractivity contribution in [2.24, 2.45) is 0 Å². The number of nitrogens with one attached hydrogen (secondary N) is 1. The molecule has 0 saturated carbocycles. The molecular formula is C19H23FN2O2. The molecule has 24 heavy (non-hydrogen) atoms. The third-order valence-corrected chi connectivity index (χ3v) is 4.56. The number of piperidine rings is 1. The highest BCUT2D eigenvalue weighted by molar-refractivity contribution is 5.22. The van der Waals surface area contributed by atoms with Crippen LogP contribution >= 0.6 is 0 Å². The molecule has 1 saturated heterocycles. The molecule has 3 rings (SSSR count). The fourth-order valence-electron chi connectivity index (χ4n) is 3.21. The van der Waals surface area contributed by atoms with Crippen molar-refractivity contribution in [3.05, 3.63) is 64.3 Å². The van der Waals surface area contributed by atoms with Gasteiger partial charge in [0.15, 0.2) is 0 Å². The zero-order valence-electron chi connectivity index (χ0n) is 13.7. The maximum atomic E-state index is 12.8. The number of H-pyrrole nitrogens is 1. The van der Waals surface area contributed by atoms with Gasteiger partial charge >= 0.3 is 0 Å². The molecule has 0 bridgehead atoms. The average molecular weight is 330 g/mol. The predicted octanol–water partition coefficient (Wildman–Crippen LogP) is 3.16. The van der Waals surface area contributed by atoms with Crippen molar-refractivity contribution in [1.29, 1.82) is 0 Å². The molecule has 2 heterocycles. The number of pyridine rings is 1. The number of aromatic nitrogens is 1. The Hall–Kier alpha value is -2.14. The number of rotatable bonds is 6. The van der Waals surface area contributed by atoms with Crippen LogP contribution in [0.2, 0.25) is 0 Å². The number of aromatic amines is 1. The fourth-order valence-corrected chi connectivity index (χ4v) is 3.21. The molecule has 2 aromatic rings. The van der Waals surface area contributed by atoms with Gasteiger partial charge < -0.3 is 14.6 Å². The van der Waals surface area contributed by atoms with Gasteiger partial charge in [-0.3, -0.25) is 4.79 Å². The lowest BCUT2D eigenvalue weighted by Crippen LogP contribution is -2.34. The summed E-state index contributed by atoms with van der Waals surface area (Å²) in [5.74, 6) is 0.953. The maximum absolute atomic E-state index is 12.8. The minimum absolute atomic E-state index is 0.0205. The molecule has 0 radical (unpaired) electrons. The smallest absolute Gasteiger partial charge is 0.248 e. The van der Waals surface area contributed by atoms with Crippen LogP contribution < -0.4 is 10.3 Å². The molecular weight excluding hydrogens is 307 g/mol. The number of nitrogens with zero attached hydrogens (tertiary/aromatic N) is 1. The van der Waals surface area contributed by atoms with Crippen molar-refractivity contribution in [2.45, 2.75) is 25.2 Å². The minimum atomic E-state index is -0.245. The van der Waals surface area contributed by atoms with Crippen LogP contribution in [-0.4, -0.2) is 36.1 Å². The number of ether oxygens (including phenoxy) is 1. The van der Waals surface area contributed by atoms with Crippen molar-refractivity contribution in [2.75, 3.05) is 26.2 Å². The quantitative estimate of drug-likeness (QED) is 0.828. The van der Waals surface area contributed by atoms with Gasteiger partial charge in [0, 0.05) is 18.8 Å². The molecule has 1 N–H and O–H groups in total. The highest BCUT2D eigenvalue weighted by Gasteiger charge is 2.20. The Morgan fingerprint density at radius 1 is 1.17 bits per heavy atom. The van der Waals surface area contributed by atoms with Gasteiger partial charge in [0.25, 0.3) is 0 Å². The van der Waals surface area contributed by atoms with E-state index >= 15 is 0 Å². The first-order chi connectivity index (χ1) is 11.7. The van der Waals surface area contributed by atoms with Gasteiger partial charge in [-0.25, -0.2) is 4.39 Å². The Morgan fingerprint density at radius 2 is 1.92 bits per heavy atom. The maximum Gasteiger partial charge on any atom is 0.248 e. The number of halogens is 1. The summed E-state index contributed by atoms with van der Waals surface area (Å²) >= 11 is 0. The summed E-state index contributed by atoms with van der Waals surface area (Å²) < 4.78 is 18.4. The standard InChI is InChI=1S/C19H23FN2O2/c20-17-2-4-18(5-3-17)24-13-1-10-22-11-7-15(8-12-22)16-6-9-21-19(23)14-16/h2-6,9,14-15H,1,7-8,10-13H2,(H,21,23). The summed E-state index contributed by atoms with van der Waals surface area (Å²) in [5, 5.41) is 0. The van der Waals surface area contributed by atoms with Gasteiger partial charge in [-0.05, 0) is 74.2 Å². The number of likely N-dealkylation sites (tertiary alicyclic amines) is 1. The Labute approximate surface area is 141 Å². The number of hydrogen-bond acceptors (Lipinski definition) is 3. The van der Waals surface area contributed by atoms with Crippen molar-refractivity contribution in [1.82, 2.24) is 9.88 Å². The van der Waals surface area contributed by atoms with E-state index < -0.39 is 0 Å². The van der Waals surface area contributed by atoms with Gasteiger partial charge in [0.05, 0.1) is 6.61 Å². The van der Waals surface area contributed by atoms with E-state index in [2.05, 4.69) is 9.88 Å². The lowest BCUT2D eigenvalue weighted by molar-refractivity contribution is 0.193. The Bertz CT molecular complexity index is 691. The second kappa shape index (κ2) is 8.11. The molecule has 5 heteroatoms. The van der Waals surface area contributed by atoms with Gasteiger partial charge in [-0.1, -0.05) is 0 Å². The summed E-state index contributed by atoms with van der Waals surface area (Å²) in [6.45, 7) is 3.74. The average Bonchev–Trinajstić information content (AvgIpc) is 2.61. The van der Waals surface area contributed by atoms with E-state index in [1.807, 2.05) is 6.07 Å². The molecule has 4 nitrogen and oxygen atoms in total. The molecule has 1 aliphatic heterocycles. The van der Waals surface area contributed by atoms with E-state index in [4.69, 9.17) is 4.74 Å². The van der Waals surface area contributed by atoms with Crippen LogP contribution in [0, 0.1) is 5.82 Å². The van der Waals surface area contributed by atoms with E-state index in [-0.39, 0.29) is 11.4 Å². The molecule has 1 aromatic carbocycles. The topological polar surface area (TPSA) is 45.3 Å². The van der Waals surface area contributed by atoms with Gasteiger partial charge in [-0.15, -0.1) is 0 Å². The van der Waals surface area contributed by atoms with Crippen LogP contribution in [0.5, 0.6) is 5.75 Å². The molecule has 0 spiro atoms. The SMILES string of the molecule is O=c1cc(C2CCN(CCCOc3ccc(F)cc3)CC2)cc[nH]1. The van der Waals surface area contributed by atoms with Crippen molar-refractivity contribution in [3.8, 4) is 5.75 Å². The molecule has 128 valence electrons. The van der Waals surface area contributed by atoms with Crippen molar-refractivity contribution >= 4 is 0 Å². The molecule has 0 amide bonds. The number of hydrogen-bond donors (Lipinski definition) is 1. The second-order valence-electron chi connectivity index (χ2n) is 6.26. The molecule has 1 aliphatic rings. The third-order valence-electron chi connectivity index (χ3n) is 4.56. The van der Waals surface area contributed by atoms with Gasteiger partial charge in [0.2, 0.25) is 5.56 Å². The van der Waals surface area contributed by atoms with Crippen LogP contribution in [-0.2, 0) is 0 Å². The Morgan fingerprint density at radius 3 is 2.62 bits per heavy atom. The zero-order valence-corrected chi connectivity index (χ0v) is 13.7. The molecule has 1 fully saturated rings. The van der Waals surface area contributed by atoms with Crippen molar-refractivity contribution in [3.63, 3.8) is 0 Å². The molecule has 0 unspecified atom stereocenters. The summed E-state index contributed by atoms with van der Waals surface area (Å²) in [7, 11) is 0. The van der Waals surface area contributed by atoms with Crippen LogP contribution in [0.25, 0.3) is 0 Å². The van der Waals surface area contributed by atoms with Gasteiger partial charge in [0.1, 0.15) is 11.6 Å². The molecule has 0 atom stereocenters. The van der Waals surface area contributed by atoms with Crippen LogP contribution in [0.4, 0.5) is 4.39 Å². The van der Waals surface area contributed by atoms with Crippen LogP contribution in [0.15, 0.2) is 47.4 Å². The van der Waals surface area contributed by atoms with E-state index in [9.17, 15) is 9.18 Å². The van der Waals surface area contributed by atoms with E-state index in [0.717, 1.165) is 44.5 Å². The Kier molecular flexibility index (Phi) is 5.64. The molecule has 1 aromatic heterocycles. The highest BCUT2D eigenvalue weighted by Crippen LogP contribution is 2.26. The normalized spacial score (nSPS) is 16.2. The second-order valence-corrected chi connectivity index (χ2v) is 6.26. The summed E-state index contributed by atoms with van der Waals surface area (Å²) in [6.07, 6.45) is 4.86. The van der Waals surface area contributed by atoms with E-state index in [0.29, 0.717) is 18.3 Å². The van der Waals surface area contributed by atoms with Crippen LogP contribution in [0.3, 0.4) is 0 Å². The predicted molar refractivity (Wildman–Crippen MR) is 92.0 cm³/mol. The monoisotopic (exact) mass is 330 g/mol. The lowest BCUT2D eigenvalue weighted by Gasteiger charge is -2.32. The first-order valence-electron chi connectivity index (χ1n) is 8.50. The largest absolute Gasteiger partial charge is 0.494 e. The van der Waals surface area contributed by atoms with Crippen LogP contribution in [0.1, 0.15) is 30.7 Å². The minimum Gasteiger partial charge on any atom is -0.494 e. The fraction of sp³-hybridized carbons (Fsp3) is 0.421. The summed E-state index contributed by atoms with van der Waals surface area (Å²) in [5.41, 5.74) is 1.13. The summed E-state index contributed by atoms with van der Waals surface area (Å²) in [4.78, 5) is 16.5. The third kappa shape index (κ3) is 4.68. The first kappa shape index (κ1) is 16.7. The van der Waals surface area contributed by atoms with Crippen molar-refractivity contribution < 1.29 is 9.13 Å². The van der Waals surface area contributed by atoms with E-state index in [1.54, 1.807) is 24.4 Å². The van der Waals surface area contributed by atoms with Gasteiger partial charge in [-0.2, -0.15) is 0 Å². The summed E-state index contributed by atoms with van der Waals surface area (Å²) in [6, 6.07) is 9.86. The number of benzene rings is 1. The highest BCUT2D eigenvalue weighted by atomic mass is 19.1.